The smallest absolute Gasteiger partial charge is 0.273 e. The van der Waals surface area contributed by atoms with Crippen LogP contribution >= 0.6 is 0 Å². The van der Waals surface area contributed by atoms with E-state index in [2.05, 4.69) is 16.3 Å². The number of hydrogen-bond acceptors (Lipinski definition) is 7. The molecule has 40 heavy (non-hydrogen) atoms. The number of aryl methyl sites for hydroxylation is 1. The number of benzene rings is 3. The van der Waals surface area contributed by atoms with Gasteiger partial charge in [-0.2, -0.15) is 0 Å². The molecule has 1 N–H and O–H groups in total. The number of nitrogens with one attached hydrogen (secondary N) is 1. The Balaban J connectivity index is 1.56. The first-order valence-electron chi connectivity index (χ1n) is 13.2. The Kier molecular flexibility index (Phi) is 9.38. The van der Waals surface area contributed by atoms with Crippen molar-refractivity contribution in [3.05, 3.63) is 93.5 Å². The molecule has 1 aliphatic rings. The normalized spacial score (nSPS) is 13.9. The lowest BCUT2D eigenvalue weighted by Crippen LogP contribution is -2.40. The minimum absolute atomic E-state index is 0.227. The maximum atomic E-state index is 13.7. The molecule has 4 rings (SSSR count). The van der Waals surface area contributed by atoms with E-state index in [0.717, 1.165) is 41.1 Å². The number of hydrogen-bond donors (Lipinski definition) is 1. The second-order valence-corrected chi connectivity index (χ2v) is 11.7. The van der Waals surface area contributed by atoms with Crippen molar-refractivity contribution < 1.29 is 22.9 Å². The highest BCUT2D eigenvalue weighted by Crippen LogP contribution is 2.29. The first-order valence-corrected chi connectivity index (χ1v) is 14.6. The number of ether oxygens (including phenoxy) is 1. The molecule has 10 nitrogen and oxygen atoms in total. The minimum atomic E-state index is -4.33. The Morgan fingerprint density at radius 1 is 1.02 bits per heavy atom. The van der Waals surface area contributed by atoms with Crippen LogP contribution in [0.5, 0.6) is 5.75 Å². The molecule has 1 fully saturated rings. The van der Waals surface area contributed by atoms with Crippen LogP contribution in [-0.2, 0) is 27.9 Å². The van der Waals surface area contributed by atoms with E-state index in [1.165, 1.54) is 57.6 Å². The molecule has 0 spiro atoms. The van der Waals surface area contributed by atoms with E-state index in [1.54, 1.807) is 12.1 Å². The van der Waals surface area contributed by atoms with Gasteiger partial charge in [0.2, 0.25) is 5.91 Å². The van der Waals surface area contributed by atoms with Gasteiger partial charge in [0.15, 0.2) is 0 Å². The fourth-order valence-electron chi connectivity index (χ4n) is 4.76. The highest BCUT2D eigenvalue weighted by Gasteiger charge is 2.29. The number of sulfonamides is 1. The summed E-state index contributed by atoms with van der Waals surface area (Å²) in [7, 11) is -2.84. The van der Waals surface area contributed by atoms with Crippen molar-refractivity contribution in [2.45, 2.75) is 44.2 Å². The van der Waals surface area contributed by atoms with Gasteiger partial charge in [-0.15, -0.1) is 0 Å². The molecule has 11 heteroatoms. The largest absolute Gasteiger partial charge is 0.497 e. The third-order valence-electron chi connectivity index (χ3n) is 7.05. The first-order chi connectivity index (χ1) is 19.2. The summed E-state index contributed by atoms with van der Waals surface area (Å²) in [6, 6.07) is 17.9. The van der Waals surface area contributed by atoms with E-state index in [-0.39, 0.29) is 22.8 Å². The average molecular weight is 567 g/mol. The molecule has 0 unspecified atom stereocenters. The van der Waals surface area contributed by atoms with Gasteiger partial charge >= 0.3 is 0 Å². The zero-order valence-electron chi connectivity index (χ0n) is 22.7. The summed E-state index contributed by atoms with van der Waals surface area (Å²) in [6.07, 6.45) is 3.61. The van der Waals surface area contributed by atoms with E-state index in [1.807, 2.05) is 18.2 Å². The van der Waals surface area contributed by atoms with Crippen molar-refractivity contribution in [2.24, 2.45) is 0 Å². The molecule has 1 heterocycles. The lowest BCUT2D eigenvalue weighted by molar-refractivity contribution is -0.385. The molecule has 0 radical (unpaired) electrons. The summed E-state index contributed by atoms with van der Waals surface area (Å²) in [5.74, 6) is 0.00983. The Morgan fingerprint density at radius 2 is 1.70 bits per heavy atom. The Morgan fingerprint density at radius 3 is 2.35 bits per heavy atom. The van der Waals surface area contributed by atoms with Gasteiger partial charge in [-0.25, -0.2) is 8.42 Å². The first kappa shape index (κ1) is 29.0. The summed E-state index contributed by atoms with van der Waals surface area (Å²) >= 11 is 0. The highest BCUT2D eigenvalue weighted by molar-refractivity contribution is 7.92. The SMILES string of the molecule is COc1ccc(N(CC(=O)NCc2ccccc2CN2CCCCC2)S(=O)(=O)c2ccc(C)c([N+](=O)[O-])c2)cc1. The molecular formula is C29H34N4O6S. The molecule has 1 saturated heterocycles. The molecule has 0 atom stereocenters. The number of methoxy groups -OCH3 is 1. The quantitative estimate of drug-likeness (QED) is 0.269. The zero-order valence-corrected chi connectivity index (χ0v) is 23.5. The molecular weight excluding hydrogens is 532 g/mol. The molecule has 3 aromatic rings. The highest BCUT2D eigenvalue weighted by atomic mass is 32.2. The summed E-state index contributed by atoms with van der Waals surface area (Å²) in [5.41, 5.74) is 2.34. The van der Waals surface area contributed by atoms with Gasteiger partial charge in [-0.05, 0) is 74.3 Å². The molecule has 0 saturated carbocycles. The molecule has 1 amide bonds. The van der Waals surface area contributed by atoms with Crippen LogP contribution in [0.1, 0.15) is 36.0 Å². The van der Waals surface area contributed by atoms with Crippen LogP contribution in [0, 0.1) is 17.0 Å². The monoisotopic (exact) mass is 566 g/mol. The van der Waals surface area contributed by atoms with Crippen molar-refractivity contribution in [3.63, 3.8) is 0 Å². The number of carbonyl (C=O) groups excluding carboxylic acids is 1. The number of nitrogens with zero attached hydrogens (tertiary/aromatic N) is 3. The number of nitro benzene ring substituents is 1. The van der Waals surface area contributed by atoms with Gasteiger partial charge in [0.25, 0.3) is 15.7 Å². The molecule has 212 valence electrons. The topological polar surface area (TPSA) is 122 Å². The van der Waals surface area contributed by atoms with Crippen molar-refractivity contribution in [3.8, 4) is 5.75 Å². The number of nitro groups is 1. The third-order valence-corrected chi connectivity index (χ3v) is 8.82. The fraction of sp³-hybridized carbons (Fsp3) is 0.345. The predicted molar refractivity (Wildman–Crippen MR) is 153 cm³/mol. The number of piperidine rings is 1. The van der Waals surface area contributed by atoms with Gasteiger partial charge in [0.1, 0.15) is 12.3 Å². The predicted octanol–water partition coefficient (Wildman–Crippen LogP) is 4.41. The number of amides is 1. The lowest BCUT2D eigenvalue weighted by Gasteiger charge is -2.27. The number of anilines is 1. The Labute approximate surface area is 234 Å². The summed E-state index contributed by atoms with van der Waals surface area (Å²) < 4.78 is 33.6. The van der Waals surface area contributed by atoms with Gasteiger partial charge in [0.05, 0.1) is 22.6 Å². The second-order valence-electron chi connectivity index (χ2n) is 9.80. The fourth-order valence-corrected chi connectivity index (χ4v) is 6.20. The molecule has 1 aliphatic heterocycles. The van der Waals surface area contributed by atoms with E-state index >= 15 is 0 Å². The van der Waals surface area contributed by atoms with Gasteiger partial charge in [-0.1, -0.05) is 36.8 Å². The van der Waals surface area contributed by atoms with Crippen LogP contribution in [0.3, 0.4) is 0 Å². The summed E-state index contributed by atoms with van der Waals surface area (Å²) in [4.78, 5) is 26.2. The van der Waals surface area contributed by atoms with Gasteiger partial charge in [-0.3, -0.25) is 24.1 Å². The Hall–Kier alpha value is -3.96. The lowest BCUT2D eigenvalue weighted by atomic mass is 10.0. The van der Waals surface area contributed by atoms with Crippen LogP contribution in [0.15, 0.2) is 71.6 Å². The Bertz CT molecular complexity index is 1450. The van der Waals surface area contributed by atoms with E-state index in [4.69, 9.17) is 4.74 Å². The van der Waals surface area contributed by atoms with Crippen LogP contribution in [0.2, 0.25) is 0 Å². The number of rotatable bonds is 11. The molecule has 3 aromatic carbocycles. The van der Waals surface area contributed by atoms with Crippen LogP contribution in [0.4, 0.5) is 11.4 Å². The van der Waals surface area contributed by atoms with Crippen molar-refractivity contribution >= 4 is 27.3 Å². The van der Waals surface area contributed by atoms with E-state index in [9.17, 15) is 23.3 Å². The van der Waals surface area contributed by atoms with Crippen LogP contribution in [0.25, 0.3) is 0 Å². The van der Waals surface area contributed by atoms with Gasteiger partial charge < -0.3 is 10.1 Å². The summed E-state index contributed by atoms with van der Waals surface area (Å²) in [5, 5.41) is 14.3. The van der Waals surface area contributed by atoms with Crippen molar-refractivity contribution in [1.82, 2.24) is 10.2 Å². The summed E-state index contributed by atoms with van der Waals surface area (Å²) in [6.45, 7) is 4.16. The number of likely N-dealkylation sites (tertiary alicyclic amines) is 1. The van der Waals surface area contributed by atoms with Gasteiger partial charge in [0, 0.05) is 24.7 Å². The van der Waals surface area contributed by atoms with Crippen LogP contribution in [-0.4, -0.2) is 50.9 Å². The maximum Gasteiger partial charge on any atom is 0.273 e. The van der Waals surface area contributed by atoms with Crippen molar-refractivity contribution in [1.29, 1.82) is 0 Å². The molecule has 0 bridgehead atoms. The molecule has 0 aromatic heterocycles. The van der Waals surface area contributed by atoms with Crippen molar-refractivity contribution in [2.75, 3.05) is 31.0 Å². The van der Waals surface area contributed by atoms with Crippen LogP contribution < -0.4 is 14.4 Å². The van der Waals surface area contributed by atoms with E-state index in [0.29, 0.717) is 11.3 Å². The third kappa shape index (κ3) is 6.97. The maximum absolute atomic E-state index is 13.7. The second kappa shape index (κ2) is 12.9. The zero-order chi connectivity index (χ0) is 28.7. The number of carbonyl (C=O) groups is 1. The standard InChI is InChI=1S/C29H34N4O6S/c1-22-10-15-27(18-28(22)33(35)36)40(37,38)32(25-11-13-26(39-2)14-12-25)21-29(34)30-19-23-8-4-5-9-24(23)20-31-16-6-3-7-17-31/h4-5,8-15,18H,3,6-7,16-17,19-21H2,1-2H3,(H,30,34). The molecule has 0 aliphatic carbocycles. The van der Waals surface area contributed by atoms with E-state index < -0.39 is 27.4 Å². The minimum Gasteiger partial charge on any atom is -0.497 e. The average Bonchev–Trinajstić information content (AvgIpc) is 2.96.